The van der Waals surface area contributed by atoms with Gasteiger partial charge in [0.2, 0.25) is 0 Å². The van der Waals surface area contributed by atoms with Gasteiger partial charge in [0.25, 0.3) is 0 Å². The van der Waals surface area contributed by atoms with Gasteiger partial charge in [-0.25, -0.2) is 0 Å². The maximum atomic E-state index is 3.87. The average Bonchev–Trinajstić information content (AvgIpc) is 2.66. The van der Waals surface area contributed by atoms with Crippen molar-refractivity contribution >= 4 is 0 Å². The van der Waals surface area contributed by atoms with Gasteiger partial charge in [0.15, 0.2) is 0 Å². The van der Waals surface area contributed by atoms with Crippen LogP contribution in [0.4, 0.5) is 0 Å². The fourth-order valence-corrected chi connectivity index (χ4v) is 3.53. The second kappa shape index (κ2) is 4.66. The lowest BCUT2D eigenvalue weighted by Crippen LogP contribution is -2.65. The Balaban J connectivity index is 2.08. The minimum atomic E-state index is 0.468. The molecule has 2 rings (SSSR count). The SMILES string of the molecule is CC(C)C1CNC2(CCCC2)CN1C(C)C. The summed E-state index contributed by atoms with van der Waals surface area (Å²) in [6.45, 7) is 11.9. The zero-order valence-electron chi connectivity index (χ0n) is 11.4. The molecular weight excluding hydrogens is 196 g/mol. The van der Waals surface area contributed by atoms with Crippen molar-refractivity contribution in [3.63, 3.8) is 0 Å². The van der Waals surface area contributed by atoms with E-state index in [0.717, 1.165) is 12.0 Å². The highest BCUT2D eigenvalue weighted by Gasteiger charge is 2.42. The van der Waals surface area contributed by atoms with Crippen molar-refractivity contribution < 1.29 is 0 Å². The van der Waals surface area contributed by atoms with Crippen LogP contribution >= 0.6 is 0 Å². The molecule has 0 aromatic carbocycles. The lowest BCUT2D eigenvalue weighted by atomic mass is 9.88. The van der Waals surface area contributed by atoms with Crippen molar-refractivity contribution in [2.45, 2.75) is 71.0 Å². The number of nitrogens with zero attached hydrogens (tertiary/aromatic N) is 1. The van der Waals surface area contributed by atoms with Crippen molar-refractivity contribution in [1.29, 1.82) is 0 Å². The van der Waals surface area contributed by atoms with Crippen LogP contribution in [0.1, 0.15) is 53.4 Å². The predicted molar refractivity (Wildman–Crippen MR) is 69.7 cm³/mol. The molecule has 2 heteroatoms. The first-order chi connectivity index (χ1) is 7.54. The van der Waals surface area contributed by atoms with Crippen LogP contribution in [0.5, 0.6) is 0 Å². The summed E-state index contributed by atoms with van der Waals surface area (Å²) in [7, 11) is 0. The molecule has 2 fully saturated rings. The maximum Gasteiger partial charge on any atom is 0.0309 e. The minimum absolute atomic E-state index is 0.468. The molecule has 1 spiro atoms. The summed E-state index contributed by atoms with van der Waals surface area (Å²) in [6, 6.07) is 1.41. The molecular formula is C14H28N2. The third-order valence-electron chi connectivity index (χ3n) is 4.59. The molecule has 2 aliphatic rings. The fraction of sp³-hybridized carbons (Fsp3) is 1.00. The number of rotatable bonds is 2. The Kier molecular flexibility index (Phi) is 3.60. The van der Waals surface area contributed by atoms with E-state index in [1.165, 1.54) is 38.8 Å². The molecule has 0 aromatic heterocycles. The summed E-state index contributed by atoms with van der Waals surface area (Å²) >= 11 is 0. The van der Waals surface area contributed by atoms with E-state index in [1.54, 1.807) is 0 Å². The summed E-state index contributed by atoms with van der Waals surface area (Å²) in [5, 5.41) is 3.87. The van der Waals surface area contributed by atoms with Gasteiger partial charge in [-0.05, 0) is 32.6 Å². The van der Waals surface area contributed by atoms with Gasteiger partial charge in [0.1, 0.15) is 0 Å². The van der Waals surface area contributed by atoms with E-state index in [0.29, 0.717) is 11.6 Å². The quantitative estimate of drug-likeness (QED) is 0.776. The molecule has 0 radical (unpaired) electrons. The van der Waals surface area contributed by atoms with Gasteiger partial charge in [-0.2, -0.15) is 0 Å². The van der Waals surface area contributed by atoms with Crippen LogP contribution in [0.2, 0.25) is 0 Å². The molecule has 1 heterocycles. The average molecular weight is 224 g/mol. The van der Waals surface area contributed by atoms with E-state index >= 15 is 0 Å². The Labute approximate surface area is 101 Å². The van der Waals surface area contributed by atoms with E-state index in [4.69, 9.17) is 0 Å². The highest BCUT2D eigenvalue weighted by Crippen LogP contribution is 2.34. The monoisotopic (exact) mass is 224 g/mol. The molecule has 1 aliphatic carbocycles. The first kappa shape index (κ1) is 12.4. The van der Waals surface area contributed by atoms with Gasteiger partial charge in [0.05, 0.1) is 0 Å². The third kappa shape index (κ3) is 2.28. The topological polar surface area (TPSA) is 15.3 Å². The molecule has 16 heavy (non-hydrogen) atoms. The lowest BCUT2D eigenvalue weighted by Gasteiger charge is -2.49. The summed E-state index contributed by atoms with van der Waals surface area (Å²) in [4.78, 5) is 2.74. The largest absolute Gasteiger partial charge is 0.308 e. The van der Waals surface area contributed by atoms with Crippen molar-refractivity contribution in [2.24, 2.45) is 5.92 Å². The summed E-state index contributed by atoms with van der Waals surface area (Å²) < 4.78 is 0. The van der Waals surface area contributed by atoms with Crippen LogP contribution in [-0.4, -0.2) is 35.6 Å². The van der Waals surface area contributed by atoms with E-state index < -0.39 is 0 Å². The number of hydrogen-bond acceptors (Lipinski definition) is 2. The number of nitrogens with one attached hydrogen (secondary N) is 1. The molecule has 1 N–H and O–H groups in total. The Hall–Kier alpha value is -0.0800. The molecule has 1 saturated carbocycles. The van der Waals surface area contributed by atoms with Crippen LogP contribution in [0.15, 0.2) is 0 Å². The number of piperazine rings is 1. The van der Waals surface area contributed by atoms with Crippen molar-refractivity contribution in [1.82, 2.24) is 10.2 Å². The standard InChI is InChI=1S/C14H28N2/c1-11(2)13-9-15-14(7-5-6-8-14)10-16(13)12(3)4/h11-13,15H,5-10H2,1-4H3. The van der Waals surface area contributed by atoms with Gasteiger partial charge in [-0.3, -0.25) is 4.90 Å². The highest BCUT2D eigenvalue weighted by atomic mass is 15.3. The lowest BCUT2D eigenvalue weighted by molar-refractivity contribution is 0.0330. The summed E-state index contributed by atoms with van der Waals surface area (Å²) in [5.41, 5.74) is 0.468. The van der Waals surface area contributed by atoms with E-state index in [9.17, 15) is 0 Å². The molecule has 2 nitrogen and oxygen atoms in total. The summed E-state index contributed by atoms with van der Waals surface area (Å²) in [5.74, 6) is 0.758. The van der Waals surface area contributed by atoms with E-state index in [2.05, 4.69) is 37.9 Å². The van der Waals surface area contributed by atoms with Gasteiger partial charge in [-0.1, -0.05) is 26.7 Å². The Morgan fingerprint density at radius 1 is 1.12 bits per heavy atom. The van der Waals surface area contributed by atoms with E-state index in [-0.39, 0.29) is 0 Å². The van der Waals surface area contributed by atoms with Gasteiger partial charge in [-0.15, -0.1) is 0 Å². The van der Waals surface area contributed by atoms with Crippen LogP contribution in [0.25, 0.3) is 0 Å². The first-order valence-corrected chi connectivity index (χ1v) is 7.05. The second-order valence-electron chi connectivity index (χ2n) is 6.45. The molecule has 0 aromatic rings. The van der Waals surface area contributed by atoms with Crippen LogP contribution in [-0.2, 0) is 0 Å². The van der Waals surface area contributed by atoms with E-state index in [1.807, 2.05) is 0 Å². The van der Waals surface area contributed by atoms with Crippen LogP contribution < -0.4 is 5.32 Å². The highest BCUT2D eigenvalue weighted by molar-refractivity contribution is 5.02. The number of hydrogen-bond donors (Lipinski definition) is 1. The van der Waals surface area contributed by atoms with Crippen molar-refractivity contribution in [3.05, 3.63) is 0 Å². The molecule has 1 aliphatic heterocycles. The predicted octanol–water partition coefficient (Wildman–Crippen LogP) is 2.64. The Bertz CT molecular complexity index is 229. The van der Waals surface area contributed by atoms with Crippen LogP contribution in [0, 0.1) is 5.92 Å². The maximum absolute atomic E-state index is 3.87. The first-order valence-electron chi connectivity index (χ1n) is 7.05. The van der Waals surface area contributed by atoms with Gasteiger partial charge < -0.3 is 5.32 Å². The zero-order chi connectivity index (χ0) is 11.8. The third-order valence-corrected chi connectivity index (χ3v) is 4.59. The van der Waals surface area contributed by atoms with Crippen LogP contribution in [0.3, 0.4) is 0 Å². The molecule has 1 unspecified atom stereocenters. The summed E-state index contributed by atoms with van der Waals surface area (Å²) in [6.07, 6.45) is 5.62. The Morgan fingerprint density at radius 2 is 1.75 bits per heavy atom. The van der Waals surface area contributed by atoms with Crippen molar-refractivity contribution in [3.8, 4) is 0 Å². The van der Waals surface area contributed by atoms with Crippen molar-refractivity contribution in [2.75, 3.05) is 13.1 Å². The smallest absolute Gasteiger partial charge is 0.0309 e. The zero-order valence-corrected chi connectivity index (χ0v) is 11.4. The van der Waals surface area contributed by atoms with Gasteiger partial charge in [0, 0.05) is 30.7 Å². The second-order valence-corrected chi connectivity index (χ2v) is 6.45. The Morgan fingerprint density at radius 3 is 2.25 bits per heavy atom. The normalized spacial score (nSPS) is 30.8. The molecule has 94 valence electrons. The molecule has 1 atom stereocenters. The fourth-order valence-electron chi connectivity index (χ4n) is 3.53. The molecule has 0 bridgehead atoms. The molecule has 0 amide bonds. The minimum Gasteiger partial charge on any atom is -0.308 e. The van der Waals surface area contributed by atoms with Gasteiger partial charge >= 0.3 is 0 Å². The molecule has 1 saturated heterocycles.